The summed E-state index contributed by atoms with van der Waals surface area (Å²) in [5, 5.41) is 2.11. The van der Waals surface area contributed by atoms with Gasteiger partial charge in [-0.05, 0) is 83.3 Å². The van der Waals surface area contributed by atoms with E-state index in [-0.39, 0.29) is 0 Å². The van der Waals surface area contributed by atoms with E-state index in [4.69, 9.17) is 18.9 Å². The summed E-state index contributed by atoms with van der Waals surface area (Å²) in [6.45, 7) is 4.23. The zero-order valence-corrected chi connectivity index (χ0v) is 23.0. The molecule has 0 aromatic heterocycles. The van der Waals surface area contributed by atoms with E-state index >= 15 is 0 Å². The van der Waals surface area contributed by atoms with Crippen molar-refractivity contribution in [1.29, 1.82) is 0 Å². The molecule has 0 amide bonds. The van der Waals surface area contributed by atoms with Gasteiger partial charge in [0.2, 0.25) is 0 Å². The Labute approximate surface area is 231 Å². The van der Waals surface area contributed by atoms with Crippen LogP contribution in [0.25, 0.3) is 10.8 Å². The number of benzene rings is 4. The number of rotatable bonds is 15. The molecule has 0 saturated carbocycles. The smallest absolute Gasteiger partial charge is 0.343 e. The zero-order chi connectivity index (χ0) is 27.3. The van der Waals surface area contributed by atoms with Gasteiger partial charge in [0.05, 0.1) is 32.5 Å². The van der Waals surface area contributed by atoms with Crippen LogP contribution < -0.4 is 14.2 Å². The maximum absolute atomic E-state index is 12.5. The summed E-state index contributed by atoms with van der Waals surface area (Å²) in [5.74, 6) is 1.74. The quantitative estimate of drug-likeness (QED) is 0.0888. The summed E-state index contributed by atoms with van der Waals surface area (Å²) < 4.78 is 22.5. The van der Waals surface area contributed by atoms with Gasteiger partial charge in [0.25, 0.3) is 0 Å². The second-order valence-electron chi connectivity index (χ2n) is 9.67. The lowest BCUT2D eigenvalue weighted by Crippen LogP contribution is -2.08. The molecule has 0 aliphatic rings. The van der Waals surface area contributed by atoms with Gasteiger partial charge in [-0.2, -0.15) is 0 Å². The van der Waals surface area contributed by atoms with Crippen LogP contribution in [-0.4, -0.2) is 26.3 Å². The lowest BCUT2D eigenvalue weighted by Gasteiger charge is -2.09. The van der Waals surface area contributed by atoms with Crippen LogP contribution in [0.5, 0.6) is 17.2 Å². The minimum absolute atomic E-state index is 0.397. The second-order valence-corrected chi connectivity index (χ2v) is 9.67. The highest BCUT2D eigenvalue weighted by atomic mass is 16.5. The molecule has 0 fully saturated rings. The van der Waals surface area contributed by atoms with Crippen LogP contribution in [0, 0.1) is 0 Å². The molecule has 0 N–H and O–H groups in total. The molecule has 0 atom stereocenters. The van der Waals surface area contributed by atoms with Gasteiger partial charge in [0, 0.05) is 0 Å². The Morgan fingerprint density at radius 2 is 1.33 bits per heavy atom. The Kier molecular flexibility index (Phi) is 10.8. The Hall–Kier alpha value is -3.83. The fraction of sp³-hybridized carbons (Fsp3) is 0.324. The molecule has 5 heteroatoms. The molecule has 5 nitrogen and oxygen atoms in total. The molecular formula is C34H38O5. The molecular weight excluding hydrogens is 488 g/mol. The molecule has 0 bridgehead atoms. The van der Waals surface area contributed by atoms with E-state index in [9.17, 15) is 4.79 Å². The largest absolute Gasteiger partial charge is 0.497 e. The predicted molar refractivity (Wildman–Crippen MR) is 156 cm³/mol. The number of methoxy groups -OCH3 is 1. The maximum atomic E-state index is 12.5. The molecule has 0 aliphatic carbocycles. The molecule has 0 radical (unpaired) electrons. The van der Waals surface area contributed by atoms with Crippen LogP contribution in [0.4, 0.5) is 0 Å². The van der Waals surface area contributed by atoms with Gasteiger partial charge in [-0.1, -0.05) is 69.0 Å². The van der Waals surface area contributed by atoms with Gasteiger partial charge in [-0.15, -0.1) is 0 Å². The molecule has 4 aromatic carbocycles. The number of unbranched alkanes of at least 4 members (excludes halogenated alkanes) is 4. The third-order valence-corrected chi connectivity index (χ3v) is 6.66. The highest BCUT2D eigenvalue weighted by Crippen LogP contribution is 2.24. The number of esters is 1. The standard InChI is InChI=1S/C34H38O5/c1-3-4-5-6-7-21-38-32-15-9-27(10-16-32)25-37-22-20-26-8-11-30-24-33(19-14-29(30)23-26)39-34(35)28-12-17-31(36-2)18-13-28/h8-19,23-24H,3-7,20-22,25H2,1-2H3. The van der Waals surface area contributed by atoms with Crippen LogP contribution in [-0.2, 0) is 17.8 Å². The molecule has 4 rings (SSSR count). The van der Waals surface area contributed by atoms with Gasteiger partial charge in [0.15, 0.2) is 0 Å². The minimum atomic E-state index is -0.397. The first kappa shape index (κ1) is 28.2. The highest BCUT2D eigenvalue weighted by molar-refractivity contribution is 5.92. The van der Waals surface area contributed by atoms with E-state index in [1.807, 2.05) is 30.3 Å². The number of fused-ring (bicyclic) bond motifs is 1. The SMILES string of the molecule is CCCCCCCOc1ccc(COCCc2ccc3cc(OC(=O)c4ccc(OC)cc4)ccc3c2)cc1. The maximum Gasteiger partial charge on any atom is 0.343 e. The molecule has 0 unspecified atom stereocenters. The third kappa shape index (κ3) is 8.86. The van der Waals surface area contributed by atoms with Gasteiger partial charge >= 0.3 is 5.97 Å². The lowest BCUT2D eigenvalue weighted by atomic mass is 10.1. The van der Waals surface area contributed by atoms with Crippen molar-refractivity contribution >= 4 is 16.7 Å². The van der Waals surface area contributed by atoms with Gasteiger partial charge in [-0.3, -0.25) is 0 Å². The molecule has 0 spiro atoms. The Balaban J connectivity index is 1.20. The van der Waals surface area contributed by atoms with Gasteiger partial charge < -0.3 is 18.9 Å². The van der Waals surface area contributed by atoms with Crippen molar-refractivity contribution in [2.75, 3.05) is 20.3 Å². The molecule has 4 aromatic rings. The van der Waals surface area contributed by atoms with Crippen LogP contribution in [0.1, 0.15) is 60.5 Å². The number of carbonyl (C=O) groups is 1. The first-order chi connectivity index (χ1) is 19.1. The van der Waals surface area contributed by atoms with Crippen molar-refractivity contribution in [2.24, 2.45) is 0 Å². The van der Waals surface area contributed by atoms with Gasteiger partial charge in [0.1, 0.15) is 17.2 Å². The monoisotopic (exact) mass is 526 g/mol. The summed E-state index contributed by atoms with van der Waals surface area (Å²) in [6, 6.07) is 27.0. The Bertz CT molecular complexity index is 1310. The Morgan fingerprint density at radius 1 is 0.667 bits per heavy atom. The summed E-state index contributed by atoms with van der Waals surface area (Å²) in [7, 11) is 1.59. The van der Waals surface area contributed by atoms with E-state index in [1.165, 1.54) is 31.2 Å². The van der Waals surface area contributed by atoms with Crippen LogP contribution in [0.2, 0.25) is 0 Å². The Morgan fingerprint density at radius 3 is 2.10 bits per heavy atom. The average Bonchev–Trinajstić information content (AvgIpc) is 2.98. The molecule has 204 valence electrons. The molecule has 0 aliphatic heterocycles. The van der Waals surface area contributed by atoms with E-state index < -0.39 is 5.97 Å². The van der Waals surface area contributed by atoms with E-state index in [2.05, 4.69) is 37.3 Å². The number of hydrogen-bond acceptors (Lipinski definition) is 5. The molecule has 39 heavy (non-hydrogen) atoms. The third-order valence-electron chi connectivity index (χ3n) is 6.66. The summed E-state index contributed by atoms with van der Waals surface area (Å²) in [6.07, 6.45) is 7.03. The van der Waals surface area contributed by atoms with Crippen molar-refractivity contribution in [2.45, 2.75) is 52.1 Å². The van der Waals surface area contributed by atoms with E-state index in [0.29, 0.717) is 30.3 Å². The predicted octanol–water partition coefficient (Wildman–Crippen LogP) is 8.18. The first-order valence-corrected chi connectivity index (χ1v) is 13.8. The average molecular weight is 527 g/mol. The second kappa shape index (κ2) is 14.9. The van der Waals surface area contributed by atoms with Crippen LogP contribution in [0.3, 0.4) is 0 Å². The number of ether oxygens (including phenoxy) is 4. The first-order valence-electron chi connectivity index (χ1n) is 13.8. The van der Waals surface area contributed by atoms with Crippen molar-refractivity contribution in [3.05, 3.63) is 102 Å². The molecule has 0 saturated heterocycles. The fourth-order valence-electron chi connectivity index (χ4n) is 4.34. The highest BCUT2D eigenvalue weighted by Gasteiger charge is 2.09. The van der Waals surface area contributed by atoms with Crippen LogP contribution >= 0.6 is 0 Å². The van der Waals surface area contributed by atoms with E-state index in [0.717, 1.165) is 41.5 Å². The van der Waals surface area contributed by atoms with Crippen molar-refractivity contribution in [3.63, 3.8) is 0 Å². The summed E-state index contributed by atoms with van der Waals surface area (Å²) >= 11 is 0. The fourth-order valence-corrected chi connectivity index (χ4v) is 4.34. The minimum Gasteiger partial charge on any atom is -0.497 e. The number of carbonyl (C=O) groups excluding carboxylic acids is 1. The van der Waals surface area contributed by atoms with Gasteiger partial charge in [-0.25, -0.2) is 4.79 Å². The summed E-state index contributed by atoms with van der Waals surface area (Å²) in [5.41, 5.74) is 2.82. The summed E-state index contributed by atoms with van der Waals surface area (Å²) in [4.78, 5) is 12.5. The zero-order valence-electron chi connectivity index (χ0n) is 23.0. The van der Waals surface area contributed by atoms with E-state index in [1.54, 1.807) is 31.4 Å². The lowest BCUT2D eigenvalue weighted by molar-refractivity contribution is 0.0735. The van der Waals surface area contributed by atoms with Crippen molar-refractivity contribution < 1.29 is 23.7 Å². The normalized spacial score (nSPS) is 10.9. The molecule has 0 heterocycles. The van der Waals surface area contributed by atoms with Crippen molar-refractivity contribution in [1.82, 2.24) is 0 Å². The van der Waals surface area contributed by atoms with Crippen LogP contribution in [0.15, 0.2) is 84.9 Å². The van der Waals surface area contributed by atoms with Crippen molar-refractivity contribution in [3.8, 4) is 17.2 Å². The topological polar surface area (TPSA) is 54.0 Å². The number of hydrogen-bond donors (Lipinski definition) is 0.